The number of aliphatic hydroxyl groups is 3. The van der Waals surface area contributed by atoms with Gasteiger partial charge in [-0.1, -0.05) is 55.5 Å². The third-order valence-corrected chi connectivity index (χ3v) is 4.44. The maximum Gasteiger partial charge on any atom is 0.303 e. The van der Waals surface area contributed by atoms with Crippen LogP contribution in [0.2, 0.25) is 0 Å². The topological polar surface area (TPSA) is 107 Å². The molecule has 1 fully saturated rings. The number of ether oxygens (including phenoxy) is 1. The fourth-order valence-electron chi connectivity index (χ4n) is 2.87. The van der Waals surface area contributed by atoms with Crippen LogP contribution in [0.3, 0.4) is 0 Å². The Balaban J connectivity index is 2.33. The van der Waals surface area contributed by atoms with Crippen molar-refractivity contribution < 1.29 is 30.0 Å². The van der Waals surface area contributed by atoms with Gasteiger partial charge in [0, 0.05) is 12.8 Å². The summed E-state index contributed by atoms with van der Waals surface area (Å²) in [6.07, 6.45) is 15.1. The molecule has 1 aliphatic rings. The Morgan fingerprint density at radius 1 is 1.11 bits per heavy atom. The third-order valence-electron chi connectivity index (χ3n) is 4.44. The highest BCUT2D eigenvalue weighted by molar-refractivity contribution is 5.66. The number of hydrogen-bond donors (Lipinski definition) is 4. The molecule has 0 aromatic carbocycles. The lowest BCUT2D eigenvalue weighted by Crippen LogP contribution is -2.24. The smallest absolute Gasteiger partial charge is 0.303 e. The van der Waals surface area contributed by atoms with Gasteiger partial charge in [-0.25, -0.2) is 0 Å². The van der Waals surface area contributed by atoms with Crippen LogP contribution in [0, 0.1) is 0 Å². The van der Waals surface area contributed by atoms with E-state index in [-0.39, 0.29) is 6.42 Å². The van der Waals surface area contributed by atoms with E-state index in [0.717, 1.165) is 12.8 Å². The van der Waals surface area contributed by atoms with Crippen molar-refractivity contribution in [2.75, 3.05) is 0 Å². The first-order chi connectivity index (χ1) is 13.4. The Hall–Kier alpha value is -1.73. The molecule has 0 aliphatic carbocycles. The van der Waals surface area contributed by atoms with Crippen LogP contribution in [0.15, 0.2) is 48.6 Å². The largest absolute Gasteiger partial charge is 0.481 e. The minimum absolute atomic E-state index is 0.0731. The molecule has 0 aromatic heterocycles. The number of rotatable bonds is 13. The SMILES string of the molecule is CC/C=C\C/C=C\C[C@@H](O)/C=C/[C@@H](O)[C@H]1C[C@@H](O)[C@H](C/C=C\CCC(=O)O)O1. The number of aliphatic carboxylic acids is 1. The average Bonchev–Trinajstić information content (AvgIpc) is 3.03. The third kappa shape index (κ3) is 10.6. The molecule has 0 amide bonds. The first kappa shape index (κ1) is 24.3. The normalized spacial score (nSPS) is 25.5. The summed E-state index contributed by atoms with van der Waals surface area (Å²) in [5, 5.41) is 38.8. The van der Waals surface area contributed by atoms with E-state index in [9.17, 15) is 20.1 Å². The molecule has 1 rings (SSSR count). The van der Waals surface area contributed by atoms with E-state index in [1.54, 1.807) is 18.2 Å². The lowest BCUT2D eigenvalue weighted by Gasteiger charge is -2.16. The minimum atomic E-state index is -0.901. The average molecular weight is 395 g/mol. The van der Waals surface area contributed by atoms with Crippen molar-refractivity contribution in [3.8, 4) is 0 Å². The van der Waals surface area contributed by atoms with Gasteiger partial charge in [0.2, 0.25) is 0 Å². The van der Waals surface area contributed by atoms with Crippen molar-refractivity contribution in [2.45, 2.75) is 82.4 Å². The summed E-state index contributed by atoms with van der Waals surface area (Å²) in [6, 6.07) is 0. The van der Waals surface area contributed by atoms with Crippen LogP contribution < -0.4 is 0 Å². The monoisotopic (exact) mass is 394 g/mol. The molecular formula is C22H34O6. The molecule has 6 nitrogen and oxygen atoms in total. The standard InChI is InChI=1S/C22H34O6/c1-2-3-4-5-6-8-11-17(23)14-15-18(24)21-16-19(25)20(28-21)12-9-7-10-13-22(26)27/h3-4,6-9,14-15,17-21,23-25H,2,5,10-13,16H2,1H3,(H,26,27)/b4-3-,8-6-,9-7-,15-14+/t17-,18-,19-,20+,21-/m1/s1. The summed E-state index contributed by atoms with van der Waals surface area (Å²) in [4.78, 5) is 10.5. The Morgan fingerprint density at radius 3 is 2.57 bits per heavy atom. The number of carbonyl (C=O) groups is 1. The second-order valence-corrected chi connectivity index (χ2v) is 6.92. The lowest BCUT2D eigenvalue weighted by atomic mass is 10.0. The second kappa shape index (κ2) is 14.3. The van der Waals surface area contributed by atoms with Crippen LogP contribution in [0.5, 0.6) is 0 Å². The molecule has 0 unspecified atom stereocenters. The van der Waals surface area contributed by atoms with Gasteiger partial charge in [0.15, 0.2) is 0 Å². The van der Waals surface area contributed by atoms with Crippen LogP contribution >= 0.6 is 0 Å². The van der Waals surface area contributed by atoms with Crippen molar-refractivity contribution in [3.63, 3.8) is 0 Å². The Labute approximate surface area is 167 Å². The molecule has 0 radical (unpaired) electrons. The summed E-state index contributed by atoms with van der Waals surface area (Å²) < 4.78 is 5.71. The number of allylic oxidation sites excluding steroid dienone is 4. The van der Waals surface area contributed by atoms with Crippen molar-refractivity contribution in [1.82, 2.24) is 0 Å². The fourth-order valence-corrected chi connectivity index (χ4v) is 2.87. The molecule has 1 saturated heterocycles. The Bertz CT molecular complexity index is 551. The molecule has 6 heteroatoms. The van der Waals surface area contributed by atoms with E-state index in [2.05, 4.69) is 19.1 Å². The van der Waals surface area contributed by atoms with Gasteiger partial charge >= 0.3 is 5.97 Å². The molecule has 0 saturated carbocycles. The zero-order valence-corrected chi connectivity index (χ0v) is 16.6. The predicted molar refractivity (Wildman–Crippen MR) is 109 cm³/mol. The van der Waals surface area contributed by atoms with E-state index in [1.165, 1.54) is 6.08 Å². The predicted octanol–water partition coefficient (Wildman–Crippen LogP) is 2.90. The molecule has 158 valence electrons. The second-order valence-electron chi connectivity index (χ2n) is 6.92. The fraction of sp³-hybridized carbons (Fsp3) is 0.591. The van der Waals surface area contributed by atoms with E-state index < -0.39 is 36.5 Å². The van der Waals surface area contributed by atoms with E-state index in [1.807, 2.05) is 12.2 Å². The van der Waals surface area contributed by atoms with Gasteiger partial charge in [-0.2, -0.15) is 0 Å². The van der Waals surface area contributed by atoms with Crippen LogP contribution in [-0.2, 0) is 9.53 Å². The zero-order chi connectivity index (χ0) is 20.8. The number of hydrogen-bond acceptors (Lipinski definition) is 5. The van der Waals surface area contributed by atoms with Gasteiger partial charge < -0.3 is 25.2 Å². The van der Waals surface area contributed by atoms with Gasteiger partial charge in [0.05, 0.1) is 30.5 Å². The van der Waals surface area contributed by atoms with Crippen LogP contribution in [-0.4, -0.2) is 56.9 Å². The van der Waals surface area contributed by atoms with Crippen molar-refractivity contribution >= 4 is 5.97 Å². The maximum absolute atomic E-state index is 10.5. The van der Waals surface area contributed by atoms with Crippen molar-refractivity contribution in [1.29, 1.82) is 0 Å². The van der Waals surface area contributed by atoms with Gasteiger partial charge in [-0.05, 0) is 32.1 Å². The molecule has 1 aliphatic heterocycles. The van der Waals surface area contributed by atoms with Gasteiger partial charge in [0.1, 0.15) is 0 Å². The number of carboxylic acids is 1. The summed E-state index contributed by atoms with van der Waals surface area (Å²) >= 11 is 0. The molecule has 1 heterocycles. The van der Waals surface area contributed by atoms with Crippen LogP contribution in [0.25, 0.3) is 0 Å². The van der Waals surface area contributed by atoms with Crippen molar-refractivity contribution in [3.05, 3.63) is 48.6 Å². The molecule has 28 heavy (non-hydrogen) atoms. The summed E-state index contributed by atoms with van der Waals surface area (Å²) in [6.45, 7) is 2.08. The quantitative estimate of drug-likeness (QED) is 0.358. The molecule has 0 bridgehead atoms. The lowest BCUT2D eigenvalue weighted by molar-refractivity contribution is -0.136. The van der Waals surface area contributed by atoms with Gasteiger partial charge in [0.25, 0.3) is 0 Å². The molecular weight excluding hydrogens is 360 g/mol. The summed E-state index contributed by atoms with van der Waals surface area (Å²) in [5.41, 5.74) is 0. The number of aliphatic hydroxyl groups excluding tert-OH is 3. The van der Waals surface area contributed by atoms with Crippen LogP contribution in [0.1, 0.15) is 51.9 Å². The molecule has 0 spiro atoms. The maximum atomic E-state index is 10.5. The first-order valence-electron chi connectivity index (χ1n) is 9.98. The van der Waals surface area contributed by atoms with Gasteiger partial charge in [-0.15, -0.1) is 0 Å². The van der Waals surface area contributed by atoms with E-state index in [4.69, 9.17) is 9.84 Å². The first-order valence-corrected chi connectivity index (χ1v) is 9.98. The van der Waals surface area contributed by atoms with Crippen molar-refractivity contribution in [2.24, 2.45) is 0 Å². The van der Waals surface area contributed by atoms with E-state index in [0.29, 0.717) is 25.7 Å². The molecule has 0 aromatic rings. The Morgan fingerprint density at radius 2 is 1.86 bits per heavy atom. The van der Waals surface area contributed by atoms with Crippen LogP contribution in [0.4, 0.5) is 0 Å². The highest BCUT2D eigenvalue weighted by Crippen LogP contribution is 2.26. The highest BCUT2D eigenvalue weighted by Gasteiger charge is 2.36. The summed E-state index contributed by atoms with van der Waals surface area (Å²) in [7, 11) is 0. The van der Waals surface area contributed by atoms with E-state index >= 15 is 0 Å². The zero-order valence-electron chi connectivity index (χ0n) is 16.6. The highest BCUT2D eigenvalue weighted by atomic mass is 16.5. The molecule has 5 atom stereocenters. The Kier molecular flexibility index (Phi) is 12.4. The van der Waals surface area contributed by atoms with Gasteiger partial charge in [-0.3, -0.25) is 4.79 Å². The number of carboxylic acid groups (broad SMARTS) is 1. The molecule has 4 N–H and O–H groups in total. The minimum Gasteiger partial charge on any atom is -0.481 e. The summed E-state index contributed by atoms with van der Waals surface area (Å²) in [5.74, 6) is -0.845.